The molecule has 0 fully saturated rings. The van der Waals surface area contributed by atoms with Crippen LogP contribution in [0.3, 0.4) is 0 Å². The molecular formula is C17H16ClN3O2S. The fourth-order valence-corrected chi connectivity index (χ4v) is 2.91. The number of benzene rings is 2. The quantitative estimate of drug-likeness (QED) is 0.499. The smallest absolute Gasteiger partial charge is 0.230 e. The average molecular weight is 362 g/mol. The minimum absolute atomic E-state index is 0.0554. The Morgan fingerprint density at radius 2 is 2.00 bits per heavy atom. The SMILES string of the molecule is O=C(CSc1nc2ccccc2[nH]1)NCCOc1ccc(Cl)cc1. The molecule has 0 atom stereocenters. The maximum Gasteiger partial charge on any atom is 0.230 e. The number of ether oxygens (including phenoxy) is 1. The molecule has 124 valence electrons. The zero-order valence-electron chi connectivity index (χ0n) is 12.8. The summed E-state index contributed by atoms with van der Waals surface area (Å²) in [7, 11) is 0. The first-order valence-corrected chi connectivity index (χ1v) is 8.80. The van der Waals surface area contributed by atoms with Gasteiger partial charge in [0.1, 0.15) is 12.4 Å². The van der Waals surface area contributed by atoms with Crippen molar-refractivity contribution >= 4 is 40.3 Å². The van der Waals surface area contributed by atoms with Crippen molar-refractivity contribution in [2.75, 3.05) is 18.9 Å². The van der Waals surface area contributed by atoms with Crippen LogP contribution in [0.5, 0.6) is 5.75 Å². The second-order valence-corrected chi connectivity index (χ2v) is 6.40. The van der Waals surface area contributed by atoms with Gasteiger partial charge in [0.25, 0.3) is 0 Å². The van der Waals surface area contributed by atoms with E-state index in [9.17, 15) is 4.79 Å². The number of rotatable bonds is 7. The normalized spacial score (nSPS) is 10.7. The summed E-state index contributed by atoms with van der Waals surface area (Å²) >= 11 is 7.18. The second-order valence-electron chi connectivity index (χ2n) is 5.00. The van der Waals surface area contributed by atoms with Crippen LogP contribution in [0.15, 0.2) is 53.7 Å². The van der Waals surface area contributed by atoms with Crippen LogP contribution in [-0.4, -0.2) is 34.8 Å². The Hall–Kier alpha value is -2.18. The number of hydrogen-bond donors (Lipinski definition) is 2. The number of nitrogens with one attached hydrogen (secondary N) is 2. The van der Waals surface area contributed by atoms with Crippen LogP contribution in [0.2, 0.25) is 5.02 Å². The molecule has 1 amide bonds. The van der Waals surface area contributed by atoms with Gasteiger partial charge in [-0.25, -0.2) is 4.98 Å². The molecule has 0 unspecified atom stereocenters. The van der Waals surface area contributed by atoms with Crippen LogP contribution in [0.25, 0.3) is 11.0 Å². The van der Waals surface area contributed by atoms with Gasteiger partial charge in [-0.15, -0.1) is 0 Å². The van der Waals surface area contributed by atoms with Gasteiger partial charge in [0.05, 0.1) is 23.3 Å². The number of thioether (sulfide) groups is 1. The number of H-pyrrole nitrogens is 1. The molecule has 0 aliphatic carbocycles. The average Bonchev–Trinajstić information content (AvgIpc) is 3.01. The number of carbonyl (C=O) groups is 1. The molecule has 0 spiro atoms. The number of nitrogens with zero attached hydrogens (tertiary/aromatic N) is 1. The van der Waals surface area contributed by atoms with E-state index < -0.39 is 0 Å². The Morgan fingerprint density at radius 3 is 2.79 bits per heavy atom. The summed E-state index contributed by atoms with van der Waals surface area (Å²) in [5.41, 5.74) is 1.87. The number of fused-ring (bicyclic) bond motifs is 1. The van der Waals surface area contributed by atoms with Crippen molar-refractivity contribution in [2.24, 2.45) is 0 Å². The third-order valence-electron chi connectivity index (χ3n) is 3.21. The summed E-state index contributed by atoms with van der Waals surface area (Å²) in [4.78, 5) is 19.4. The molecule has 0 bridgehead atoms. The molecule has 0 aliphatic rings. The molecule has 3 aromatic rings. The van der Waals surface area contributed by atoms with Gasteiger partial charge >= 0.3 is 0 Å². The van der Waals surface area contributed by atoms with Crippen LogP contribution in [0.4, 0.5) is 0 Å². The third-order valence-corrected chi connectivity index (χ3v) is 4.34. The predicted octanol–water partition coefficient (Wildman–Crippen LogP) is 3.50. The summed E-state index contributed by atoms with van der Waals surface area (Å²) in [6.07, 6.45) is 0. The van der Waals surface area contributed by atoms with E-state index in [1.54, 1.807) is 24.3 Å². The van der Waals surface area contributed by atoms with Crippen LogP contribution < -0.4 is 10.1 Å². The highest BCUT2D eigenvalue weighted by Gasteiger charge is 2.06. The van der Waals surface area contributed by atoms with Crippen LogP contribution in [0, 0.1) is 0 Å². The summed E-state index contributed by atoms with van der Waals surface area (Å²) < 4.78 is 5.52. The van der Waals surface area contributed by atoms with Crippen molar-refractivity contribution in [2.45, 2.75) is 5.16 Å². The largest absolute Gasteiger partial charge is 0.492 e. The molecule has 1 heterocycles. The van der Waals surface area contributed by atoms with Crippen molar-refractivity contribution in [3.8, 4) is 5.75 Å². The van der Waals surface area contributed by atoms with Crippen LogP contribution >= 0.6 is 23.4 Å². The van der Waals surface area contributed by atoms with Gasteiger partial charge < -0.3 is 15.0 Å². The molecule has 3 rings (SSSR count). The predicted molar refractivity (Wildman–Crippen MR) is 96.8 cm³/mol. The maximum atomic E-state index is 11.8. The Morgan fingerprint density at radius 1 is 1.21 bits per heavy atom. The lowest BCUT2D eigenvalue weighted by Crippen LogP contribution is -2.29. The van der Waals surface area contributed by atoms with E-state index in [0.29, 0.717) is 23.9 Å². The lowest BCUT2D eigenvalue weighted by molar-refractivity contribution is -0.118. The van der Waals surface area contributed by atoms with Crippen LogP contribution in [0.1, 0.15) is 0 Å². The van der Waals surface area contributed by atoms with Gasteiger partial charge in [-0.05, 0) is 36.4 Å². The van der Waals surface area contributed by atoms with Crippen molar-refractivity contribution in [1.82, 2.24) is 15.3 Å². The second kappa shape index (κ2) is 8.08. The van der Waals surface area contributed by atoms with E-state index in [1.165, 1.54) is 11.8 Å². The summed E-state index contributed by atoms with van der Waals surface area (Å²) in [5, 5.41) is 4.22. The van der Waals surface area contributed by atoms with Gasteiger partial charge in [0.15, 0.2) is 5.16 Å². The number of aromatic nitrogens is 2. The first kappa shape index (κ1) is 16.7. The maximum absolute atomic E-state index is 11.8. The molecule has 0 saturated heterocycles. The molecule has 1 aromatic heterocycles. The van der Waals surface area contributed by atoms with Crippen molar-refractivity contribution < 1.29 is 9.53 Å². The Labute approximate surface area is 148 Å². The number of aromatic amines is 1. The molecule has 5 nitrogen and oxygen atoms in total. The highest BCUT2D eigenvalue weighted by Crippen LogP contribution is 2.18. The van der Waals surface area contributed by atoms with Gasteiger partial charge in [-0.3, -0.25) is 4.79 Å². The zero-order valence-corrected chi connectivity index (χ0v) is 14.4. The van der Waals surface area contributed by atoms with Crippen LogP contribution in [-0.2, 0) is 4.79 Å². The molecule has 24 heavy (non-hydrogen) atoms. The number of carbonyl (C=O) groups excluding carboxylic acids is 1. The molecule has 2 aromatic carbocycles. The van der Waals surface area contributed by atoms with E-state index in [-0.39, 0.29) is 5.91 Å². The topological polar surface area (TPSA) is 67.0 Å². The number of imidazole rings is 1. The van der Waals surface area contributed by atoms with Gasteiger partial charge in [0, 0.05) is 5.02 Å². The Balaban J connectivity index is 1.37. The molecule has 0 radical (unpaired) electrons. The van der Waals surface area contributed by atoms with Crippen molar-refractivity contribution in [1.29, 1.82) is 0 Å². The highest BCUT2D eigenvalue weighted by atomic mass is 35.5. The van der Waals surface area contributed by atoms with Gasteiger partial charge in [0.2, 0.25) is 5.91 Å². The first-order chi connectivity index (χ1) is 11.7. The lowest BCUT2D eigenvalue weighted by atomic mass is 10.3. The monoisotopic (exact) mass is 361 g/mol. The Kier molecular flexibility index (Phi) is 5.61. The number of halogens is 1. The lowest BCUT2D eigenvalue weighted by Gasteiger charge is -2.07. The molecule has 2 N–H and O–H groups in total. The molecule has 0 saturated carbocycles. The van der Waals surface area contributed by atoms with E-state index >= 15 is 0 Å². The molecule has 0 aliphatic heterocycles. The summed E-state index contributed by atoms with van der Waals surface area (Å²) in [6.45, 7) is 0.852. The third kappa shape index (κ3) is 4.66. The minimum Gasteiger partial charge on any atom is -0.492 e. The zero-order chi connectivity index (χ0) is 16.8. The fraction of sp³-hybridized carbons (Fsp3) is 0.176. The molecular weight excluding hydrogens is 346 g/mol. The van der Waals surface area contributed by atoms with Gasteiger partial charge in [-0.1, -0.05) is 35.5 Å². The van der Waals surface area contributed by atoms with Gasteiger partial charge in [-0.2, -0.15) is 0 Å². The highest BCUT2D eigenvalue weighted by molar-refractivity contribution is 7.99. The van der Waals surface area contributed by atoms with Crippen molar-refractivity contribution in [3.63, 3.8) is 0 Å². The number of para-hydroxylation sites is 2. The summed E-state index contributed by atoms with van der Waals surface area (Å²) in [5.74, 6) is 0.978. The number of hydrogen-bond acceptors (Lipinski definition) is 4. The first-order valence-electron chi connectivity index (χ1n) is 7.43. The standard InChI is InChI=1S/C17H16ClN3O2S/c18-12-5-7-13(8-6-12)23-10-9-19-16(22)11-24-17-20-14-3-1-2-4-15(14)21-17/h1-8H,9-11H2,(H,19,22)(H,20,21). The fourth-order valence-electron chi connectivity index (χ4n) is 2.07. The summed E-state index contributed by atoms with van der Waals surface area (Å²) in [6, 6.07) is 14.9. The van der Waals surface area contributed by atoms with E-state index in [4.69, 9.17) is 16.3 Å². The number of amides is 1. The van der Waals surface area contributed by atoms with E-state index in [0.717, 1.165) is 21.9 Å². The van der Waals surface area contributed by atoms with Crippen molar-refractivity contribution in [3.05, 3.63) is 53.6 Å². The Bertz CT molecular complexity index is 787. The van der Waals surface area contributed by atoms with E-state index in [1.807, 2.05) is 24.3 Å². The minimum atomic E-state index is -0.0554. The van der Waals surface area contributed by atoms with E-state index in [2.05, 4.69) is 15.3 Å². The molecule has 7 heteroatoms.